The predicted molar refractivity (Wildman–Crippen MR) is 103 cm³/mol. The summed E-state index contributed by atoms with van der Waals surface area (Å²) in [7, 11) is 3.37. The molecule has 0 atom stereocenters. The number of amides is 1. The van der Waals surface area contributed by atoms with Gasteiger partial charge in [0.25, 0.3) is 5.91 Å². The molecule has 0 unspecified atom stereocenters. The molecule has 0 radical (unpaired) electrons. The molecular formula is C20H16F3N7O. The van der Waals surface area contributed by atoms with Crippen molar-refractivity contribution in [1.82, 2.24) is 34.4 Å². The number of halogens is 3. The summed E-state index contributed by atoms with van der Waals surface area (Å²) < 4.78 is 44.0. The molecule has 1 aromatic carbocycles. The molecule has 0 N–H and O–H groups in total. The van der Waals surface area contributed by atoms with E-state index >= 15 is 0 Å². The van der Waals surface area contributed by atoms with E-state index in [0.29, 0.717) is 35.4 Å². The van der Waals surface area contributed by atoms with Crippen molar-refractivity contribution < 1.29 is 18.0 Å². The maximum atomic E-state index is 13.8. The van der Waals surface area contributed by atoms with Crippen LogP contribution in [0.3, 0.4) is 0 Å². The van der Waals surface area contributed by atoms with Crippen molar-refractivity contribution in [3.8, 4) is 11.3 Å². The van der Waals surface area contributed by atoms with E-state index in [0.717, 1.165) is 17.7 Å². The number of nitrogens with zero attached hydrogens (tertiary/aromatic N) is 7. The lowest BCUT2D eigenvalue weighted by Gasteiger charge is -2.26. The van der Waals surface area contributed by atoms with Gasteiger partial charge in [-0.05, 0) is 18.6 Å². The molecule has 0 bridgehead atoms. The molecule has 8 nitrogen and oxygen atoms in total. The smallest absolute Gasteiger partial charge is 0.273 e. The van der Waals surface area contributed by atoms with Crippen LogP contribution in [0, 0.1) is 17.5 Å². The first-order valence-corrected chi connectivity index (χ1v) is 9.46. The highest BCUT2D eigenvalue weighted by atomic mass is 19.2. The van der Waals surface area contributed by atoms with Gasteiger partial charge in [-0.15, -0.1) is 0 Å². The molecule has 3 aromatic heterocycles. The zero-order valence-corrected chi connectivity index (χ0v) is 16.6. The standard InChI is InChI=1S/C20H16F3N7O/c1-28-18(10-5-13(21)16(23)14(22)6-10)11-3-4-30(8-15(11)27-28)20(31)17-12-7-26-29(2)19(12)25-9-24-17/h5-7,9H,3-4,8H2,1-2H3. The Morgan fingerprint density at radius 3 is 2.55 bits per heavy atom. The highest BCUT2D eigenvalue weighted by molar-refractivity contribution is 6.03. The summed E-state index contributed by atoms with van der Waals surface area (Å²) >= 11 is 0. The second kappa shape index (κ2) is 6.89. The van der Waals surface area contributed by atoms with E-state index in [1.54, 1.807) is 29.9 Å². The molecule has 0 saturated carbocycles. The van der Waals surface area contributed by atoms with Gasteiger partial charge >= 0.3 is 0 Å². The second-order valence-corrected chi connectivity index (χ2v) is 7.36. The van der Waals surface area contributed by atoms with Crippen LogP contribution in [0.25, 0.3) is 22.3 Å². The number of carbonyl (C=O) groups is 1. The number of rotatable bonds is 2. The first-order valence-electron chi connectivity index (χ1n) is 9.46. The first-order chi connectivity index (χ1) is 14.8. The maximum Gasteiger partial charge on any atom is 0.273 e. The van der Waals surface area contributed by atoms with Crippen LogP contribution >= 0.6 is 0 Å². The predicted octanol–water partition coefficient (Wildman–Crippen LogP) is 2.38. The average molecular weight is 427 g/mol. The third-order valence-corrected chi connectivity index (χ3v) is 5.48. The normalized spacial score (nSPS) is 13.6. The van der Waals surface area contributed by atoms with Crippen molar-refractivity contribution in [2.24, 2.45) is 14.1 Å². The number of aromatic nitrogens is 6. The summed E-state index contributed by atoms with van der Waals surface area (Å²) in [5.74, 6) is -4.32. The molecular weight excluding hydrogens is 411 g/mol. The molecule has 11 heteroatoms. The molecule has 0 aliphatic carbocycles. The van der Waals surface area contributed by atoms with Crippen LogP contribution in [0.1, 0.15) is 21.7 Å². The molecule has 5 rings (SSSR count). The minimum atomic E-state index is -1.51. The van der Waals surface area contributed by atoms with E-state index in [4.69, 9.17) is 0 Å². The maximum absolute atomic E-state index is 13.8. The SMILES string of the molecule is Cn1nc2c(c1-c1cc(F)c(F)c(F)c1)CCN(C(=O)c1ncnc3c1cnn3C)C2. The van der Waals surface area contributed by atoms with Gasteiger partial charge in [-0.2, -0.15) is 10.2 Å². The number of fused-ring (bicyclic) bond motifs is 2. The van der Waals surface area contributed by atoms with Gasteiger partial charge in [-0.3, -0.25) is 14.2 Å². The van der Waals surface area contributed by atoms with Gasteiger partial charge in [0.1, 0.15) is 12.0 Å². The van der Waals surface area contributed by atoms with Crippen LogP contribution in [0.4, 0.5) is 13.2 Å². The molecule has 31 heavy (non-hydrogen) atoms. The van der Waals surface area contributed by atoms with Crippen molar-refractivity contribution in [2.45, 2.75) is 13.0 Å². The van der Waals surface area contributed by atoms with E-state index in [-0.39, 0.29) is 23.7 Å². The highest BCUT2D eigenvalue weighted by Crippen LogP contribution is 2.32. The number of hydrogen-bond donors (Lipinski definition) is 0. The molecule has 158 valence electrons. The van der Waals surface area contributed by atoms with Gasteiger partial charge in [-0.25, -0.2) is 23.1 Å². The van der Waals surface area contributed by atoms with Crippen LogP contribution < -0.4 is 0 Å². The Balaban J connectivity index is 1.49. The molecule has 0 saturated heterocycles. The number of benzene rings is 1. The fraction of sp³-hybridized carbons (Fsp3) is 0.250. The van der Waals surface area contributed by atoms with Crippen LogP contribution in [0.5, 0.6) is 0 Å². The Morgan fingerprint density at radius 2 is 1.81 bits per heavy atom. The van der Waals surface area contributed by atoms with Crippen LogP contribution in [-0.4, -0.2) is 46.9 Å². The fourth-order valence-electron chi connectivity index (χ4n) is 4.03. The molecule has 0 spiro atoms. The lowest BCUT2D eigenvalue weighted by molar-refractivity contribution is 0.0728. The van der Waals surface area contributed by atoms with Crippen LogP contribution in [0.2, 0.25) is 0 Å². The summed E-state index contributed by atoms with van der Waals surface area (Å²) in [4.78, 5) is 23.1. The molecule has 1 aliphatic rings. The van der Waals surface area contributed by atoms with Crippen molar-refractivity contribution in [3.63, 3.8) is 0 Å². The third-order valence-electron chi connectivity index (χ3n) is 5.48. The Labute approximate surface area is 173 Å². The van der Waals surface area contributed by atoms with Gasteiger partial charge in [0, 0.05) is 31.8 Å². The largest absolute Gasteiger partial charge is 0.331 e. The fourth-order valence-corrected chi connectivity index (χ4v) is 4.03. The lowest BCUT2D eigenvalue weighted by Crippen LogP contribution is -2.36. The monoisotopic (exact) mass is 427 g/mol. The zero-order chi connectivity index (χ0) is 21.9. The van der Waals surface area contributed by atoms with Gasteiger partial charge in [-0.1, -0.05) is 0 Å². The van der Waals surface area contributed by atoms with E-state index in [1.807, 2.05) is 0 Å². The van der Waals surface area contributed by atoms with E-state index in [2.05, 4.69) is 20.2 Å². The topological polar surface area (TPSA) is 81.7 Å². The van der Waals surface area contributed by atoms with Crippen molar-refractivity contribution in [2.75, 3.05) is 6.54 Å². The van der Waals surface area contributed by atoms with E-state index in [1.165, 1.54) is 11.0 Å². The van der Waals surface area contributed by atoms with Gasteiger partial charge in [0.05, 0.1) is 29.5 Å². The second-order valence-electron chi connectivity index (χ2n) is 7.36. The number of hydrogen-bond acceptors (Lipinski definition) is 5. The van der Waals surface area contributed by atoms with Gasteiger partial charge in [0.15, 0.2) is 23.1 Å². The van der Waals surface area contributed by atoms with Gasteiger partial charge in [0.2, 0.25) is 0 Å². The Bertz CT molecular complexity index is 1340. The summed E-state index contributed by atoms with van der Waals surface area (Å²) in [6.45, 7) is 0.572. The first kappa shape index (κ1) is 19.2. The Hall–Kier alpha value is -3.76. The molecule has 1 amide bonds. The van der Waals surface area contributed by atoms with Crippen molar-refractivity contribution in [3.05, 3.63) is 59.1 Å². The quantitative estimate of drug-likeness (QED) is 0.459. The van der Waals surface area contributed by atoms with Crippen LogP contribution in [-0.2, 0) is 27.1 Å². The summed E-state index contributed by atoms with van der Waals surface area (Å²) in [5.41, 5.74) is 2.87. The van der Waals surface area contributed by atoms with Crippen molar-refractivity contribution in [1.29, 1.82) is 0 Å². The van der Waals surface area contributed by atoms with Gasteiger partial charge < -0.3 is 4.90 Å². The summed E-state index contributed by atoms with van der Waals surface area (Å²) in [6, 6.07) is 1.90. The Kier molecular flexibility index (Phi) is 4.27. The summed E-state index contributed by atoms with van der Waals surface area (Å²) in [5, 5.41) is 9.12. The van der Waals surface area contributed by atoms with Crippen molar-refractivity contribution >= 4 is 16.9 Å². The Morgan fingerprint density at radius 1 is 1.06 bits per heavy atom. The average Bonchev–Trinajstić information content (AvgIpc) is 3.29. The molecule has 4 aromatic rings. The molecule has 4 heterocycles. The summed E-state index contributed by atoms with van der Waals surface area (Å²) in [6.07, 6.45) is 3.30. The van der Waals surface area contributed by atoms with Crippen LogP contribution in [0.15, 0.2) is 24.7 Å². The lowest BCUT2D eigenvalue weighted by atomic mass is 9.99. The zero-order valence-electron chi connectivity index (χ0n) is 16.6. The third kappa shape index (κ3) is 2.95. The number of carbonyl (C=O) groups excluding carboxylic acids is 1. The van der Waals surface area contributed by atoms with E-state index < -0.39 is 17.5 Å². The van der Waals surface area contributed by atoms with E-state index in [9.17, 15) is 18.0 Å². The number of aryl methyl sites for hydroxylation is 2. The molecule has 1 aliphatic heterocycles. The molecule has 0 fully saturated rings. The minimum Gasteiger partial charge on any atom is -0.331 e. The highest BCUT2D eigenvalue weighted by Gasteiger charge is 2.30. The minimum absolute atomic E-state index is 0.195.